The molecule has 0 aliphatic heterocycles. The van der Waals surface area contributed by atoms with Gasteiger partial charge in [0, 0.05) is 5.56 Å². The lowest BCUT2D eigenvalue weighted by molar-refractivity contribution is 0.291. The monoisotopic (exact) mass is 410 g/mol. The minimum absolute atomic E-state index is 0.0757. The van der Waals surface area contributed by atoms with E-state index in [1.807, 2.05) is 0 Å². The van der Waals surface area contributed by atoms with Gasteiger partial charge in [-0.2, -0.15) is 0 Å². The van der Waals surface area contributed by atoms with Gasteiger partial charge in [0.05, 0.1) is 13.2 Å². The maximum atomic E-state index is 14.7. The van der Waals surface area contributed by atoms with Crippen LogP contribution in [0.3, 0.4) is 0 Å². The lowest BCUT2D eigenvalue weighted by Crippen LogP contribution is -2.00. The molecule has 0 atom stereocenters. The quantitative estimate of drug-likeness (QED) is 0.332. The third-order valence-corrected chi connectivity index (χ3v) is 4.90. The summed E-state index contributed by atoms with van der Waals surface area (Å²) in [5.74, 6) is -0.626. The molecule has 0 saturated heterocycles. The first-order valence-corrected chi connectivity index (χ1v) is 10.5. The Bertz CT molecular complexity index is 750. The van der Waals surface area contributed by atoms with Crippen molar-refractivity contribution in [2.45, 2.75) is 58.8 Å². The van der Waals surface area contributed by atoms with Crippen molar-refractivity contribution in [3.63, 3.8) is 0 Å². The summed E-state index contributed by atoms with van der Waals surface area (Å²) >= 11 is 6.14. The van der Waals surface area contributed by atoms with E-state index < -0.39 is 11.6 Å². The number of halogens is 3. The predicted octanol–water partition coefficient (Wildman–Crippen LogP) is 7.81. The maximum Gasteiger partial charge on any atom is 0.165 e. The molecule has 0 amide bonds. The van der Waals surface area contributed by atoms with Crippen molar-refractivity contribution in [2.75, 3.05) is 13.2 Å². The number of benzene rings is 2. The second-order valence-electron chi connectivity index (χ2n) is 6.85. The zero-order valence-corrected chi connectivity index (χ0v) is 17.5. The van der Waals surface area contributed by atoms with Crippen LogP contribution in [0.1, 0.15) is 58.8 Å². The molecule has 2 aromatic carbocycles. The molecule has 0 aliphatic carbocycles. The van der Waals surface area contributed by atoms with Crippen molar-refractivity contribution in [1.82, 2.24) is 0 Å². The van der Waals surface area contributed by atoms with Gasteiger partial charge in [-0.15, -0.1) is 0 Å². The summed E-state index contributed by atoms with van der Waals surface area (Å²) in [5, 5.41) is -0.0757. The zero-order chi connectivity index (χ0) is 20.4. The van der Waals surface area contributed by atoms with E-state index in [9.17, 15) is 8.78 Å². The van der Waals surface area contributed by atoms with E-state index in [1.54, 1.807) is 18.2 Å². The lowest BCUT2D eigenvalue weighted by atomic mass is 10.0. The molecule has 0 unspecified atom stereocenters. The Labute approximate surface area is 171 Å². The average Bonchev–Trinajstić information content (AvgIpc) is 2.69. The van der Waals surface area contributed by atoms with E-state index in [-0.39, 0.29) is 16.3 Å². The summed E-state index contributed by atoms with van der Waals surface area (Å²) in [7, 11) is 0. The first kappa shape index (κ1) is 22.5. The van der Waals surface area contributed by atoms with E-state index >= 15 is 0 Å². The van der Waals surface area contributed by atoms with Crippen LogP contribution >= 0.6 is 11.6 Å². The molecule has 28 heavy (non-hydrogen) atoms. The van der Waals surface area contributed by atoms with Crippen molar-refractivity contribution >= 4 is 11.6 Å². The van der Waals surface area contributed by atoms with E-state index in [1.165, 1.54) is 12.1 Å². The van der Waals surface area contributed by atoms with Crippen LogP contribution in [-0.2, 0) is 0 Å². The smallest absolute Gasteiger partial charge is 0.165 e. The van der Waals surface area contributed by atoms with Gasteiger partial charge in [-0.3, -0.25) is 0 Å². The van der Waals surface area contributed by atoms with Gasteiger partial charge in [0.15, 0.2) is 17.4 Å². The number of unbranched alkanes of at least 4 members (excludes halogenated alkanes) is 5. The van der Waals surface area contributed by atoms with Crippen molar-refractivity contribution < 1.29 is 18.3 Å². The second-order valence-corrected chi connectivity index (χ2v) is 7.23. The summed E-state index contributed by atoms with van der Waals surface area (Å²) in [6, 6.07) is 7.64. The van der Waals surface area contributed by atoms with Gasteiger partial charge < -0.3 is 9.47 Å². The minimum Gasteiger partial charge on any atom is -0.492 e. The van der Waals surface area contributed by atoms with Gasteiger partial charge in [0.1, 0.15) is 10.8 Å². The summed E-state index contributed by atoms with van der Waals surface area (Å²) in [5.41, 5.74) is 0.645. The first-order chi connectivity index (χ1) is 13.6. The third kappa shape index (κ3) is 6.37. The van der Waals surface area contributed by atoms with E-state index in [0.717, 1.165) is 44.9 Å². The van der Waals surface area contributed by atoms with Crippen molar-refractivity contribution in [3.05, 3.63) is 47.0 Å². The van der Waals surface area contributed by atoms with Crippen LogP contribution in [0.2, 0.25) is 5.02 Å². The fraction of sp³-hybridized carbons (Fsp3) is 0.478. The van der Waals surface area contributed by atoms with E-state index in [2.05, 4.69) is 13.8 Å². The number of hydrogen-bond donors (Lipinski definition) is 0. The summed E-state index contributed by atoms with van der Waals surface area (Å²) < 4.78 is 40.1. The largest absolute Gasteiger partial charge is 0.492 e. The highest BCUT2D eigenvalue weighted by atomic mass is 35.5. The third-order valence-electron chi connectivity index (χ3n) is 4.55. The topological polar surface area (TPSA) is 18.5 Å². The highest BCUT2D eigenvalue weighted by molar-refractivity contribution is 6.32. The van der Waals surface area contributed by atoms with Crippen LogP contribution in [0.15, 0.2) is 30.3 Å². The summed E-state index contributed by atoms with van der Waals surface area (Å²) in [6.45, 7) is 5.20. The predicted molar refractivity (Wildman–Crippen MR) is 111 cm³/mol. The second kappa shape index (κ2) is 11.9. The van der Waals surface area contributed by atoms with Gasteiger partial charge in [0.2, 0.25) is 0 Å². The molecule has 0 bridgehead atoms. The number of hydrogen-bond acceptors (Lipinski definition) is 2. The highest BCUT2D eigenvalue weighted by Crippen LogP contribution is 2.36. The van der Waals surface area contributed by atoms with Crippen molar-refractivity contribution in [2.24, 2.45) is 0 Å². The molecule has 0 N–H and O–H groups in total. The van der Waals surface area contributed by atoms with Crippen LogP contribution in [-0.4, -0.2) is 13.2 Å². The molecule has 2 nitrogen and oxygen atoms in total. The Morgan fingerprint density at radius 2 is 1.39 bits per heavy atom. The van der Waals surface area contributed by atoms with Gasteiger partial charge in [0.25, 0.3) is 0 Å². The van der Waals surface area contributed by atoms with Gasteiger partial charge in [-0.25, -0.2) is 8.78 Å². The number of ether oxygens (including phenoxy) is 2. The van der Waals surface area contributed by atoms with Crippen LogP contribution in [0.4, 0.5) is 8.78 Å². The molecule has 2 rings (SSSR count). The average molecular weight is 411 g/mol. The molecule has 154 valence electrons. The van der Waals surface area contributed by atoms with Crippen LogP contribution in [0.5, 0.6) is 11.5 Å². The van der Waals surface area contributed by atoms with E-state index in [0.29, 0.717) is 24.5 Å². The molecule has 5 heteroatoms. The summed E-state index contributed by atoms with van der Waals surface area (Å²) in [4.78, 5) is 0. The Balaban J connectivity index is 2.06. The Kier molecular flexibility index (Phi) is 9.56. The lowest BCUT2D eigenvalue weighted by Gasteiger charge is -2.12. The molecule has 0 aliphatic rings. The molecule has 2 aromatic rings. The SMILES string of the molecule is CCCCCCOc1ccc(-c2ccc(OCCCCC)c(F)c2)c(F)c1Cl. The van der Waals surface area contributed by atoms with Crippen LogP contribution < -0.4 is 9.47 Å². The van der Waals surface area contributed by atoms with Gasteiger partial charge >= 0.3 is 0 Å². The normalized spacial score (nSPS) is 10.9. The van der Waals surface area contributed by atoms with Crippen LogP contribution in [0, 0.1) is 11.6 Å². The van der Waals surface area contributed by atoms with Gasteiger partial charge in [-0.05, 0) is 42.7 Å². The molecule has 0 fully saturated rings. The molecule has 0 aromatic heterocycles. The molecule has 0 heterocycles. The van der Waals surface area contributed by atoms with Crippen LogP contribution in [0.25, 0.3) is 11.1 Å². The van der Waals surface area contributed by atoms with E-state index in [4.69, 9.17) is 21.1 Å². The maximum absolute atomic E-state index is 14.7. The Morgan fingerprint density at radius 3 is 2.07 bits per heavy atom. The Morgan fingerprint density at radius 1 is 0.786 bits per heavy atom. The molecular formula is C23H29ClF2O2. The van der Waals surface area contributed by atoms with Gasteiger partial charge in [-0.1, -0.05) is 63.6 Å². The molecule has 0 spiro atoms. The molecule has 0 saturated carbocycles. The number of rotatable bonds is 12. The Hall–Kier alpha value is -1.81. The standard InChI is InChI=1S/C23H29ClF2O2/c1-3-5-7-9-15-28-21-13-11-18(23(26)22(21)24)17-10-12-20(19(25)16-17)27-14-8-6-4-2/h10-13,16H,3-9,14-15H2,1-2H3. The highest BCUT2D eigenvalue weighted by Gasteiger charge is 2.16. The fourth-order valence-corrected chi connectivity index (χ4v) is 3.12. The summed E-state index contributed by atoms with van der Waals surface area (Å²) in [6.07, 6.45) is 7.25. The minimum atomic E-state index is -0.608. The fourth-order valence-electron chi connectivity index (χ4n) is 2.90. The molecular weight excluding hydrogens is 382 g/mol. The molecule has 0 radical (unpaired) electrons. The van der Waals surface area contributed by atoms with Crippen molar-refractivity contribution in [3.8, 4) is 22.6 Å². The first-order valence-electron chi connectivity index (χ1n) is 10.1. The zero-order valence-electron chi connectivity index (χ0n) is 16.7. The van der Waals surface area contributed by atoms with Crippen molar-refractivity contribution in [1.29, 1.82) is 0 Å².